The van der Waals surface area contributed by atoms with Crippen molar-refractivity contribution >= 4 is 5.91 Å². The lowest BCUT2D eigenvalue weighted by molar-refractivity contribution is -0.126. The molecule has 1 amide bonds. The van der Waals surface area contributed by atoms with Crippen molar-refractivity contribution in [3.05, 3.63) is 0 Å². The van der Waals surface area contributed by atoms with Crippen molar-refractivity contribution in [2.75, 3.05) is 0 Å². The highest BCUT2D eigenvalue weighted by atomic mass is 16.1. The van der Waals surface area contributed by atoms with E-state index >= 15 is 0 Å². The minimum absolute atomic E-state index is 0.165. The summed E-state index contributed by atoms with van der Waals surface area (Å²) in [5, 5.41) is 3.46. The fraction of sp³-hybridized carbons (Fsp3) is 0.917. The first-order valence-electron chi connectivity index (χ1n) is 6.20. The van der Waals surface area contributed by atoms with E-state index in [1.165, 1.54) is 32.1 Å². The van der Waals surface area contributed by atoms with E-state index in [4.69, 9.17) is 5.73 Å². The maximum Gasteiger partial charge on any atom is 0.237 e. The number of nitrogens with one attached hydrogen (secondary N) is 1. The lowest BCUT2D eigenvalue weighted by atomic mass is 9.75. The molecule has 0 aliphatic heterocycles. The van der Waals surface area contributed by atoms with Gasteiger partial charge in [-0.1, -0.05) is 19.3 Å². The third-order valence-corrected chi connectivity index (χ3v) is 4.01. The van der Waals surface area contributed by atoms with Crippen LogP contribution < -0.4 is 11.1 Å². The van der Waals surface area contributed by atoms with E-state index < -0.39 is 5.54 Å². The van der Waals surface area contributed by atoms with Gasteiger partial charge in [0.2, 0.25) is 5.91 Å². The standard InChI is InChI=1S/C12H22N2O/c1-12(11(13)15,14-10-7-8-10)9-5-3-2-4-6-9/h9-10,14H,2-8H2,1H3,(H2,13,15)/t12-/m1/s1. The van der Waals surface area contributed by atoms with Crippen molar-refractivity contribution in [2.45, 2.75) is 63.5 Å². The zero-order valence-corrected chi connectivity index (χ0v) is 9.59. The van der Waals surface area contributed by atoms with Crippen LogP contribution in [0.4, 0.5) is 0 Å². The minimum Gasteiger partial charge on any atom is -0.368 e. The number of nitrogens with two attached hydrogens (primary N) is 1. The van der Waals surface area contributed by atoms with E-state index in [-0.39, 0.29) is 5.91 Å². The molecule has 2 aliphatic carbocycles. The predicted molar refractivity (Wildman–Crippen MR) is 60.3 cm³/mol. The van der Waals surface area contributed by atoms with Crippen LogP contribution in [0.5, 0.6) is 0 Å². The summed E-state index contributed by atoms with van der Waals surface area (Å²) in [6.07, 6.45) is 8.53. The van der Waals surface area contributed by atoms with Crippen LogP contribution >= 0.6 is 0 Å². The molecule has 2 saturated carbocycles. The Morgan fingerprint density at radius 3 is 2.27 bits per heavy atom. The molecule has 2 fully saturated rings. The molecule has 2 aliphatic rings. The summed E-state index contributed by atoms with van der Waals surface area (Å²) < 4.78 is 0. The molecule has 2 rings (SSSR count). The molecule has 0 spiro atoms. The Balaban J connectivity index is 2.04. The van der Waals surface area contributed by atoms with Crippen molar-refractivity contribution in [1.29, 1.82) is 0 Å². The van der Waals surface area contributed by atoms with Crippen molar-refractivity contribution in [1.82, 2.24) is 5.32 Å². The molecule has 0 saturated heterocycles. The number of carbonyl (C=O) groups is 1. The van der Waals surface area contributed by atoms with Gasteiger partial charge in [0.1, 0.15) is 0 Å². The molecule has 0 aromatic rings. The molecule has 86 valence electrons. The Labute approximate surface area is 91.8 Å². The molecular weight excluding hydrogens is 188 g/mol. The molecule has 15 heavy (non-hydrogen) atoms. The quantitative estimate of drug-likeness (QED) is 0.740. The number of rotatable bonds is 4. The minimum atomic E-state index is -0.457. The van der Waals surface area contributed by atoms with Gasteiger partial charge in [-0.15, -0.1) is 0 Å². The number of hydrogen-bond acceptors (Lipinski definition) is 2. The Morgan fingerprint density at radius 2 is 1.80 bits per heavy atom. The summed E-state index contributed by atoms with van der Waals surface area (Å²) in [5.41, 5.74) is 5.12. The molecule has 3 nitrogen and oxygen atoms in total. The van der Waals surface area contributed by atoms with E-state index in [0.29, 0.717) is 12.0 Å². The van der Waals surface area contributed by atoms with Crippen LogP contribution in [0.15, 0.2) is 0 Å². The average molecular weight is 210 g/mol. The normalized spacial score (nSPS) is 27.3. The number of amides is 1. The van der Waals surface area contributed by atoms with Crippen molar-refractivity contribution < 1.29 is 4.79 Å². The predicted octanol–water partition coefficient (Wildman–Crippen LogP) is 1.56. The van der Waals surface area contributed by atoms with Gasteiger partial charge >= 0.3 is 0 Å². The first kappa shape index (κ1) is 10.9. The fourth-order valence-electron chi connectivity index (χ4n) is 2.72. The maximum atomic E-state index is 11.6. The topological polar surface area (TPSA) is 55.1 Å². The van der Waals surface area contributed by atoms with Crippen LogP contribution in [0.1, 0.15) is 51.9 Å². The third kappa shape index (κ3) is 2.33. The monoisotopic (exact) mass is 210 g/mol. The van der Waals surface area contributed by atoms with Gasteiger partial charge in [-0.05, 0) is 38.5 Å². The molecule has 0 heterocycles. The van der Waals surface area contributed by atoms with Crippen LogP contribution in [0.2, 0.25) is 0 Å². The highest BCUT2D eigenvalue weighted by Gasteiger charge is 2.43. The Bertz CT molecular complexity index is 244. The third-order valence-electron chi connectivity index (χ3n) is 4.01. The molecule has 1 atom stereocenters. The maximum absolute atomic E-state index is 11.6. The van der Waals surface area contributed by atoms with E-state index in [1.807, 2.05) is 6.92 Å². The lowest BCUT2D eigenvalue weighted by Gasteiger charge is -2.38. The van der Waals surface area contributed by atoms with Gasteiger partial charge in [0.05, 0.1) is 5.54 Å². The molecule has 0 unspecified atom stereocenters. The van der Waals surface area contributed by atoms with Crippen LogP contribution in [0, 0.1) is 5.92 Å². The van der Waals surface area contributed by atoms with E-state index in [0.717, 1.165) is 12.8 Å². The summed E-state index contributed by atoms with van der Waals surface area (Å²) in [6.45, 7) is 2.00. The SMILES string of the molecule is C[C@](NC1CC1)(C(N)=O)C1CCCCC1. The van der Waals surface area contributed by atoms with Gasteiger partial charge in [0.25, 0.3) is 0 Å². The summed E-state index contributed by atoms with van der Waals surface area (Å²) >= 11 is 0. The van der Waals surface area contributed by atoms with Gasteiger partial charge in [-0.2, -0.15) is 0 Å². The van der Waals surface area contributed by atoms with Gasteiger partial charge < -0.3 is 11.1 Å². The molecule has 0 aromatic heterocycles. The lowest BCUT2D eigenvalue weighted by Crippen LogP contribution is -2.59. The van der Waals surface area contributed by atoms with Gasteiger partial charge in [-0.25, -0.2) is 0 Å². The van der Waals surface area contributed by atoms with Crippen LogP contribution in [-0.4, -0.2) is 17.5 Å². The van der Waals surface area contributed by atoms with Crippen molar-refractivity contribution in [3.8, 4) is 0 Å². The summed E-state index contributed by atoms with van der Waals surface area (Å²) in [6, 6.07) is 0.546. The van der Waals surface area contributed by atoms with Gasteiger partial charge in [0, 0.05) is 6.04 Å². The van der Waals surface area contributed by atoms with Crippen molar-refractivity contribution in [3.63, 3.8) is 0 Å². The number of hydrogen-bond donors (Lipinski definition) is 2. The van der Waals surface area contributed by atoms with Crippen LogP contribution in [0.3, 0.4) is 0 Å². The first-order valence-corrected chi connectivity index (χ1v) is 6.20. The Morgan fingerprint density at radius 1 is 1.20 bits per heavy atom. The highest BCUT2D eigenvalue weighted by molar-refractivity contribution is 5.84. The first-order chi connectivity index (χ1) is 7.13. The Kier molecular flexibility index (Phi) is 3.01. The molecule has 0 bridgehead atoms. The van der Waals surface area contributed by atoms with Crippen LogP contribution in [0.25, 0.3) is 0 Å². The average Bonchev–Trinajstić information content (AvgIpc) is 3.02. The van der Waals surface area contributed by atoms with E-state index in [9.17, 15) is 4.79 Å². The van der Waals surface area contributed by atoms with Crippen LogP contribution in [-0.2, 0) is 4.79 Å². The second-order valence-corrected chi connectivity index (χ2v) is 5.32. The second-order valence-electron chi connectivity index (χ2n) is 5.32. The Hall–Kier alpha value is -0.570. The van der Waals surface area contributed by atoms with E-state index in [1.54, 1.807) is 0 Å². The molecule has 3 N–H and O–H groups in total. The molecule has 0 aromatic carbocycles. The smallest absolute Gasteiger partial charge is 0.237 e. The number of primary amides is 1. The van der Waals surface area contributed by atoms with Crippen molar-refractivity contribution in [2.24, 2.45) is 11.7 Å². The summed E-state index contributed by atoms with van der Waals surface area (Å²) in [4.78, 5) is 11.6. The molecule has 0 radical (unpaired) electrons. The highest BCUT2D eigenvalue weighted by Crippen LogP contribution is 2.35. The zero-order chi connectivity index (χ0) is 10.9. The molecule has 3 heteroatoms. The zero-order valence-electron chi connectivity index (χ0n) is 9.59. The van der Waals surface area contributed by atoms with E-state index in [2.05, 4.69) is 5.32 Å². The van der Waals surface area contributed by atoms with Gasteiger partial charge in [0.15, 0.2) is 0 Å². The van der Waals surface area contributed by atoms with Gasteiger partial charge in [-0.3, -0.25) is 4.79 Å². The fourth-order valence-corrected chi connectivity index (χ4v) is 2.72. The number of carbonyl (C=O) groups excluding carboxylic acids is 1. The summed E-state index contributed by atoms with van der Waals surface area (Å²) in [7, 11) is 0. The second kappa shape index (κ2) is 4.12. The summed E-state index contributed by atoms with van der Waals surface area (Å²) in [5.74, 6) is 0.283. The largest absolute Gasteiger partial charge is 0.368 e. The molecular formula is C12H22N2O.